The number of rotatable bonds is 4. The van der Waals surface area contributed by atoms with Crippen LogP contribution in [0.1, 0.15) is 84.0 Å². The van der Waals surface area contributed by atoms with Crippen molar-refractivity contribution in [3.8, 4) is 0 Å². The molecule has 0 amide bonds. The average molecular weight is 278 g/mol. The molecule has 0 saturated heterocycles. The van der Waals surface area contributed by atoms with Gasteiger partial charge < -0.3 is 5.11 Å². The predicted octanol–water partition coefficient (Wildman–Crippen LogP) is 4.25. The van der Waals surface area contributed by atoms with Crippen LogP contribution in [0.5, 0.6) is 0 Å². The van der Waals surface area contributed by atoms with Crippen LogP contribution >= 0.6 is 0 Å². The van der Waals surface area contributed by atoms with E-state index in [9.17, 15) is 9.90 Å². The molecular formula is C18H30O2. The maximum absolute atomic E-state index is 12.6. The highest BCUT2D eigenvalue weighted by atomic mass is 16.3. The molecule has 4 rings (SSSR count). The van der Waals surface area contributed by atoms with Crippen molar-refractivity contribution in [1.29, 1.82) is 0 Å². The van der Waals surface area contributed by atoms with Gasteiger partial charge in [-0.1, -0.05) is 39.0 Å². The van der Waals surface area contributed by atoms with Gasteiger partial charge in [0.15, 0.2) is 0 Å². The number of ketones is 1. The summed E-state index contributed by atoms with van der Waals surface area (Å²) in [5.74, 6) is 1.94. The summed E-state index contributed by atoms with van der Waals surface area (Å²) in [5.41, 5.74) is -0.655. The lowest BCUT2D eigenvalue weighted by atomic mass is 9.51. The molecule has 4 aliphatic carbocycles. The number of hydrogen-bond donors (Lipinski definition) is 1. The lowest BCUT2D eigenvalue weighted by molar-refractivity contribution is -0.162. The van der Waals surface area contributed by atoms with Crippen LogP contribution in [0.15, 0.2) is 0 Å². The predicted molar refractivity (Wildman–Crippen MR) is 80.4 cm³/mol. The Morgan fingerprint density at radius 3 is 2.30 bits per heavy atom. The molecule has 0 spiro atoms. The van der Waals surface area contributed by atoms with Gasteiger partial charge in [-0.15, -0.1) is 0 Å². The first kappa shape index (κ1) is 14.6. The second kappa shape index (κ2) is 5.44. The number of hydrogen-bond acceptors (Lipinski definition) is 2. The van der Waals surface area contributed by atoms with Crippen molar-refractivity contribution in [3.05, 3.63) is 0 Å². The van der Waals surface area contributed by atoms with E-state index in [0.29, 0.717) is 18.1 Å². The third kappa shape index (κ3) is 2.45. The van der Waals surface area contributed by atoms with Gasteiger partial charge in [-0.05, 0) is 50.4 Å². The van der Waals surface area contributed by atoms with E-state index in [2.05, 4.69) is 6.92 Å². The lowest BCUT2D eigenvalue weighted by Crippen LogP contribution is -2.55. The van der Waals surface area contributed by atoms with E-state index < -0.39 is 5.60 Å². The second-order valence-electron chi connectivity index (χ2n) is 7.84. The fourth-order valence-corrected chi connectivity index (χ4v) is 5.22. The minimum absolute atomic E-state index is 0.0276. The minimum Gasteiger partial charge on any atom is -0.389 e. The Labute approximate surface area is 123 Å². The average Bonchev–Trinajstić information content (AvgIpc) is 2.46. The zero-order chi connectivity index (χ0) is 14.2. The Bertz CT molecular complexity index is 358. The Morgan fingerprint density at radius 2 is 1.75 bits per heavy atom. The van der Waals surface area contributed by atoms with Crippen molar-refractivity contribution in [2.45, 2.75) is 89.6 Å². The molecule has 2 heteroatoms. The molecule has 0 aliphatic heterocycles. The largest absolute Gasteiger partial charge is 0.389 e. The first-order valence-corrected chi connectivity index (χ1v) is 8.84. The lowest BCUT2D eigenvalue weighted by Gasteiger charge is -2.54. The molecular weight excluding hydrogens is 248 g/mol. The Kier molecular flexibility index (Phi) is 3.96. The van der Waals surface area contributed by atoms with Gasteiger partial charge in [0.2, 0.25) is 0 Å². The fraction of sp³-hybridized carbons (Fsp3) is 0.944. The Morgan fingerprint density at radius 1 is 1.10 bits per heavy atom. The zero-order valence-corrected chi connectivity index (χ0v) is 13.0. The van der Waals surface area contributed by atoms with Crippen LogP contribution in [-0.2, 0) is 4.79 Å². The van der Waals surface area contributed by atoms with Gasteiger partial charge in [0, 0.05) is 11.8 Å². The maximum Gasteiger partial charge on any atom is 0.142 e. The molecule has 4 saturated carbocycles. The highest BCUT2D eigenvalue weighted by Crippen LogP contribution is 2.57. The first-order valence-electron chi connectivity index (χ1n) is 8.84. The molecule has 2 bridgehead atoms. The highest BCUT2D eigenvalue weighted by Gasteiger charge is 2.56. The minimum atomic E-state index is -0.628. The summed E-state index contributed by atoms with van der Waals surface area (Å²) in [5, 5.41) is 10.3. The molecule has 20 heavy (non-hydrogen) atoms. The number of fused-ring (bicyclic) bond motifs is 3. The molecule has 4 aliphatic rings. The van der Waals surface area contributed by atoms with Gasteiger partial charge >= 0.3 is 0 Å². The quantitative estimate of drug-likeness (QED) is 0.835. The number of Topliss-reactive ketones (excluding diaryl/α,β-unsaturated/α-hetero) is 1. The smallest absolute Gasteiger partial charge is 0.142 e. The van der Waals surface area contributed by atoms with Crippen LogP contribution in [0.4, 0.5) is 0 Å². The van der Waals surface area contributed by atoms with E-state index in [0.717, 1.165) is 31.6 Å². The molecule has 0 aromatic heterocycles. The molecule has 2 nitrogen and oxygen atoms in total. The van der Waals surface area contributed by atoms with E-state index in [1.165, 1.54) is 44.9 Å². The summed E-state index contributed by atoms with van der Waals surface area (Å²) in [6.07, 6.45) is 13.4. The van der Waals surface area contributed by atoms with Crippen LogP contribution in [-0.4, -0.2) is 16.5 Å². The third-order valence-corrected chi connectivity index (χ3v) is 6.71. The Hall–Kier alpha value is -0.370. The summed E-state index contributed by atoms with van der Waals surface area (Å²) in [4.78, 5) is 12.6. The van der Waals surface area contributed by atoms with Crippen molar-refractivity contribution < 1.29 is 9.90 Å². The second-order valence-corrected chi connectivity index (χ2v) is 7.84. The monoisotopic (exact) mass is 278 g/mol. The van der Waals surface area contributed by atoms with E-state index in [4.69, 9.17) is 0 Å². The van der Waals surface area contributed by atoms with E-state index in [1.807, 2.05) is 0 Å². The van der Waals surface area contributed by atoms with Crippen LogP contribution in [0.25, 0.3) is 0 Å². The molecule has 0 radical (unpaired) electrons. The van der Waals surface area contributed by atoms with Crippen LogP contribution < -0.4 is 0 Å². The highest BCUT2D eigenvalue weighted by molar-refractivity contribution is 5.88. The zero-order valence-electron chi connectivity index (χ0n) is 13.0. The molecule has 0 heterocycles. The molecule has 0 unspecified atom stereocenters. The van der Waals surface area contributed by atoms with Crippen LogP contribution in [0.3, 0.4) is 0 Å². The van der Waals surface area contributed by atoms with E-state index >= 15 is 0 Å². The van der Waals surface area contributed by atoms with Gasteiger partial charge in [-0.2, -0.15) is 0 Å². The van der Waals surface area contributed by atoms with Gasteiger partial charge in [-0.25, -0.2) is 0 Å². The molecule has 1 N–H and O–H groups in total. The number of carbonyl (C=O) groups is 1. The van der Waals surface area contributed by atoms with Gasteiger partial charge in [0.25, 0.3) is 0 Å². The standard InChI is InChI=1S/C18H30O2/c1-2-3-4-14-5-7-15(8-6-14)18-11-9-17(20,10-12-18)13-16(18)19/h14-15,20H,2-13H2,1H3/t14-,15-,17?,18?. The van der Waals surface area contributed by atoms with Gasteiger partial charge in [-0.3, -0.25) is 4.79 Å². The van der Waals surface area contributed by atoms with E-state index in [1.54, 1.807) is 0 Å². The van der Waals surface area contributed by atoms with Crippen molar-refractivity contribution in [1.82, 2.24) is 0 Å². The van der Waals surface area contributed by atoms with Crippen molar-refractivity contribution in [3.63, 3.8) is 0 Å². The van der Waals surface area contributed by atoms with Crippen molar-refractivity contribution in [2.75, 3.05) is 0 Å². The van der Waals surface area contributed by atoms with Crippen molar-refractivity contribution in [2.24, 2.45) is 17.3 Å². The summed E-state index contributed by atoms with van der Waals surface area (Å²) < 4.78 is 0. The number of carbonyl (C=O) groups excluding carboxylic acids is 1. The van der Waals surface area contributed by atoms with Crippen LogP contribution in [0, 0.1) is 17.3 Å². The molecule has 4 fully saturated rings. The summed E-state index contributed by atoms with van der Waals surface area (Å²) in [6.45, 7) is 2.27. The molecule has 0 aromatic carbocycles. The Balaban J connectivity index is 1.61. The molecule has 0 atom stereocenters. The topological polar surface area (TPSA) is 37.3 Å². The summed E-state index contributed by atoms with van der Waals surface area (Å²) in [6, 6.07) is 0. The molecule has 0 aromatic rings. The number of unbranched alkanes of at least 4 members (excludes halogenated alkanes) is 1. The fourth-order valence-electron chi connectivity index (χ4n) is 5.22. The van der Waals surface area contributed by atoms with Gasteiger partial charge in [0.1, 0.15) is 5.78 Å². The SMILES string of the molecule is CCCC[C@H]1CC[C@H](C23CCC(O)(CC2)CC3=O)CC1. The molecule has 114 valence electrons. The van der Waals surface area contributed by atoms with Gasteiger partial charge in [0.05, 0.1) is 5.60 Å². The van der Waals surface area contributed by atoms with Crippen LogP contribution in [0.2, 0.25) is 0 Å². The maximum atomic E-state index is 12.6. The van der Waals surface area contributed by atoms with E-state index in [-0.39, 0.29) is 5.41 Å². The number of aliphatic hydroxyl groups is 1. The summed E-state index contributed by atoms with van der Waals surface area (Å²) in [7, 11) is 0. The van der Waals surface area contributed by atoms with Crippen molar-refractivity contribution >= 4 is 5.78 Å². The third-order valence-electron chi connectivity index (χ3n) is 6.71. The first-order chi connectivity index (χ1) is 9.58. The summed E-state index contributed by atoms with van der Waals surface area (Å²) >= 11 is 0. The normalized spacial score (nSPS) is 44.8.